The number of aliphatic hydroxyl groups is 1. The summed E-state index contributed by atoms with van der Waals surface area (Å²) in [7, 11) is 1.68. The number of halogens is 1. The molecule has 2 rings (SSSR count). The van der Waals surface area contributed by atoms with E-state index in [0.29, 0.717) is 0 Å². The van der Waals surface area contributed by atoms with Crippen molar-refractivity contribution >= 4 is 42.4 Å². The Hall–Kier alpha value is -0.554. The Morgan fingerprint density at radius 1 is 1.06 bits per heavy atom. The molecule has 0 aromatic heterocycles. The molecule has 91 valence electrons. The molecule has 2 nitrogen and oxygen atoms in total. The van der Waals surface area contributed by atoms with Crippen LogP contribution in [-0.4, -0.2) is 33.9 Å². The fourth-order valence-electron chi connectivity index (χ4n) is 1.26. The first-order valence-corrected chi connectivity index (χ1v) is 6.07. The van der Waals surface area contributed by atoms with Gasteiger partial charge >= 0.3 is 25.4 Å². The Labute approximate surface area is 131 Å². The number of ether oxygens (including phenoxy) is 1. The predicted octanol–water partition coefficient (Wildman–Crippen LogP) is 2.25. The molecule has 7 radical (unpaired) electrons. The van der Waals surface area contributed by atoms with Gasteiger partial charge in [0.05, 0.1) is 19.8 Å². The molecule has 0 spiro atoms. The van der Waals surface area contributed by atoms with Crippen molar-refractivity contribution < 1.29 is 9.84 Å². The van der Waals surface area contributed by atoms with Crippen LogP contribution in [0.4, 0.5) is 0 Å². The van der Waals surface area contributed by atoms with Crippen LogP contribution in [0.1, 0.15) is 5.56 Å². The Bertz CT molecular complexity index is 435. The third-order valence-corrected chi connectivity index (χ3v) is 2.60. The van der Waals surface area contributed by atoms with Crippen molar-refractivity contribution in [2.24, 2.45) is 0 Å². The van der Waals surface area contributed by atoms with Crippen LogP contribution >= 0.6 is 17.0 Å². The van der Waals surface area contributed by atoms with Crippen LogP contribution in [0.25, 0.3) is 0 Å². The van der Waals surface area contributed by atoms with E-state index in [9.17, 15) is 0 Å². The number of rotatable bonds is 2. The van der Waals surface area contributed by atoms with E-state index < -0.39 is 0 Å². The molecule has 0 atom stereocenters. The first-order chi connectivity index (χ1) is 8.26. The van der Waals surface area contributed by atoms with Gasteiger partial charge in [-0.3, -0.25) is 0 Å². The van der Waals surface area contributed by atoms with Crippen LogP contribution in [0.5, 0.6) is 5.75 Å². The quantitative estimate of drug-likeness (QED) is 0.860. The average molecular weight is 320 g/mol. The van der Waals surface area contributed by atoms with Gasteiger partial charge < -0.3 is 9.84 Å². The van der Waals surface area contributed by atoms with Crippen LogP contribution in [-0.2, 0) is 6.61 Å². The summed E-state index contributed by atoms with van der Waals surface area (Å²) in [4.78, 5) is 0. The van der Waals surface area contributed by atoms with Gasteiger partial charge in [0.1, 0.15) is 5.75 Å². The molecule has 0 aliphatic carbocycles. The SMILES string of the molecule is Br.COc1ccc[c]([Mg+2])c1.OCc1ccccc1. The van der Waals surface area contributed by atoms with Gasteiger partial charge in [-0.05, 0) is 11.6 Å². The molecule has 0 bridgehead atoms. The van der Waals surface area contributed by atoms with Gasteiger partial charge in [0, 0.05) is 6.07 Å². The molecular weight excluding hydrogens is 304 g/mol. The molecule has 18 heavy (non-hydrogen) atoms. The third kappa shape index (κ3) is 7.01. The van der Waals surface area contributed by atoms with Crippen molar-refractivity contribution in [1.82, 2.24) is 0 Å². The van der Waals surface area contributed by atoms with E-state index in [1.807, 2.05) is 70.2 Å². The monoisotopic (exact) mass is 319 g/mol. The first-order valence-electron chi connectivity index (χ1n) is 5.37. The predicted molar refractivity (Wildman–Crippen MR) is 81.1 cm³/mol. The zero-order valence-electron chi connectivity index (χ0n) is 10.4. The topological polar surface area (TPSA) is 29.5 Å². The Morgan fingerprint density at radius 3 is 2.11 bits per heavy atom. The van der Waals surface area contributed by atoms with Crippen molar-refractivity contribution in [2.45, 2.75) is 6.61 Å². The van der Waals surface area contributed by atoms with E-state index in [1.54, 1.807) is 7.11 Å². The highest BCUT2D eigenvalue weighted by atomic mass is 79.9. The zero-order valence-corrected chi connectivity index (χ0v) is 13.5. The van der Waals surface area contributed by atoms with Crippen LogP contribution in [0, 0.1) is 0 Å². The van der Waals surface area contributed by atoms with Crippen LogP contribution in [0.2, 0.25) is 0 Å². The maximum Gasteiger partial charge on any atom is 1.47 e. The largest absolute Gasteiger partial charge is 1.47 e. The van der Waals surface area contributed by atoms with Crippen LogP contribution < -0.4 is 8.43 Å². The van der Waals surface area contributed by atoms with Gasteiger partial charge in [-0.15, -0.1) is 17.0 Å². The normalized spacial score (nSPS) is 8.61. The van der Waals surface area contributed by atoms with Gasteiger partial charge in [-0.2, -0.15) is 0 Å². The number of hydrogen-bond donors (Lipinski definition) is 1. The summed E-state index contributed by atoms with van der Waals surface area (Å²) in [5.41, 5.74) is 0.965. The number of benzene rings is 2. The minimum atomic E-state index is 0. The van der Waals surface area contributed by atoms with Gasteiger partial charge in [0.15, 0.2) is 0 Å². The molecule has 0 heterocycles. The van der Waals surface area contributed by atoms with E-state index in [1.165, 1.54) is 3.69 Å². The van der Waals surface area contributed by atoms with E-state index >= 15 is 0 Å². The van der Waals surface area contributed by atoms with Gasteiger partial charge in [-0.1, -0.05) is 36.4 Å². The van der Waals surface area contributed by atoms with Crippen LogP contribution in [0.3, 0.4) is 0 Å². The van der Waals surface area contributed by atoms with E-state index in [4.69, 9.17) is 9.84 Å². The second-order valence-electron chi connectivity index (χ2n) is 3.50. The summed E-state index contributed by atoms with van der Waals surface area (Å²) in [6.45, 7) is 0.140. The molecule has 0 unspecified atom stereocenters. The molecular formula is C14H16BrMgO2+2. The Morgan fingerprint density at radius 2 is 1.72 bits per heavy atom. The Kier molecular flexibility index (Phi) is 10.1. The number of hydrogen-bond acceptors (Lipinski definition) is 2. The molecule has 0 aliphatic rings. The Balaban J connectivity index is 0.000000306. The van der Waals surface area contributed by atoms with Gasteiger partial charge in [-0.25, -0.2) is 0 Å². The smallest absolute Gasteiger partial charge is 0.497 e. The molecule has 0 saturated carbocycles. The van der Waals surface area contributed by atoms with Crippen LogP contribution in [0.15, 0.2) is 54.6 Å². The summed E-state index contributed by atoms with van der Waals surface area (Å²) in [6.07, 6.45) is 0. The summed E-state index contributed by atoms with van der Waals surface area (Å²) >= 11 is 1.85. The number of aliphatic hydroxyl groups excluding tert-OH is 1. The fourth-order valence-corrected chi connectivity index (χ4v) is 1.59. The molecule has 2 aromatic rings. The second-order valence-corrected chi connectivity index (χ2v) is 4.31. The maximum atomic E-state index is 8.54. The lowest BCUT2D eigenvalue weighted by Gasteiger charge is -1.92. The van der Waals surface area contributed by atoms with Crippen molar-refractivity contribution in [2.75, 3.05) is 7.11 Å². The number of methoxy groups -OCH3 is 1. The molecule has 4 heteroatoms. The minimum absolute atomic E-state index is 0. The van der Waals surface area contributed by atoms with E-state index in [2.05, 4.69) is 6.07 Å². The summed E-state index contributed by atoms with van der Waals surface area (Å²) in [6, 6.07) is 17.5. The molecule has 1 N–H and O–H groups in total. The first kappa shape index (κ1) is 17.4. The van der Waals surface area contributed by atoms with Crippen molar-refractivity contribution in [3.8, 4) is 5.75 Å². The molecule has 0 aliphatic heterocycles. The molecule has 0 amide bonds. The standard InChI is InChI=1S/C7H7O.C7H8O.BrH.Mg/c1-8-7-5-3-2-4-6-7;8-6-7-4-2-1-3-5-7;;/h2-3,5-6H,1H3;1-5,8H,6H2;1H;/q;;;+2. The van der Waals surface area contributed by atoms with Crippen molar-refractivity contribution in [3.05, 3.63) is 60.2 Å². The lowest BCUT2D eigenvalue weighted by molar-refractivity contribution is 0.282. The highest BCUT2D eigenvalue weighted by molar-refractivity contribution is 8.93. The summed E-state index contributed by atoms with van der Waals surface area (Å²) in [5, 5.41) is 8.54. The highest BCUT2D eigenvalue weighted by Crippen LogP contribution is 2.03. The third-order valence-electron chi connectivity index (χ3n) is 2.16. The second kappa shape index (κ2) is 10.4. The summed E-state index contributed by atoms with van der Waals surface area (Å²) < 4.78 is 6.26. The highest BCUT2D eigenvalue weighted by Gasteiger charge is 2.30. The van der Waals surface area contributed by atoms with E-state index in [-0.39, 0.29) is 23.6 Å². The van der Waals surface area contributed by atoms with Crippen molar-refractivity contribution in [3.63, 3.8) is 0 Å². The van der Waals surface area contributed by atoms with E-state index in [0.717, 1.165) is 11.3 Å². The molecule has 2 aromatic carbocycles. The lowest BCUT2D eigenvalue weighted by atomic mass is 10.2. The molecule has 0 fully saturated rings. The zero-order chi connectivity index (χ0) is 12.5. The van der Waals surface area contributed by atoms with Gasteiger partial charge in [0.25, 0.3) is 0 Å². The minimum Gasteiger partial charge on any atom is -0.497 e. The van der Waals surface area contributed by atoms with Crippen molar-refractivity contribution in [1.29, 1.82) is 0 Å². The fraction of sp³-hybridized carbons (Fsp3) is 0.143. The lowest BCUT2D eigenvalue weighted by Crippen LogP contribution is -2.00. The van der Waals surface area contributed by atoms with Gasteiger partial charge in [0.2, 0.25) is 0 Å². The maximum absolute atomic E-state index is 8.54. The molecule has 0 saturated heterocycles. The average Bonchev–Trinajstić information content (AvgIpc) is 2.40. The summed E-state index contributed by atoms with van der Waals surface area (Å²) in [5.74, 6) is 0.933.